The van der Waals surface area contributed by atoms with Gasteiger partial charge in [0.15, 0.2) is 0 Å². The molecule has 0 unspecified atom stereocenters. The van der Waals surface area contributed by atoms with E-state index in [2.05, 4.69) is 10.6 Å². The van der Waals surface area contributed by atoms with E-state index in [0.29, 0.717) is 43.8 Å². The first kappa shape index (κ1) is 19.2. The van der Waals surface area contributed by atoms with Crippen LogP contribution in [0.5, 0.6) is 0 Å². The molecule has 0 radical (unpaired) electrons. The molecule has 1 aromatic carbocycles. The summed E-state index contributed by atoms with van der Waals surface area (Å²) < 4.78 is 4.95. The summed E-state index contributed by atoms with van der Waals surface area (Å²) in [5, 5.41) is 14.4. The van der Waals surface area contributed by atoms with Crippen LogP contribution in [0, 0.1) is 11.3 Å². The van der Waals surface area contributed by atoms with Crippen molar-refractivity contribution in [2.45, 2.75) is 32.2 Å². The summed E-state index contributed by atoms with van der Waals surface area (Å²) in [6, 6.07) is 8.51. The number of ether oxygens (including phenoxy) is 1. The minimum Gasteiger partial charge on any atom is -0.450 e. The number of amides is 3. The van der Waals surface area contributed by atoms with E-state index >= 15 is 0 Å². The van der Waals surface area contributed by atoms with Crippen LogP contribution in [0.3, 0.4) is 0 Å². The van der Waals surface area contributed by atoms with Gasteiger partial charge < -0.3 is 20.3 Å². The van der Waals surface area contributed by atoms with Crippen molar-refractivity contribution in [2.75, 3.05) is 25.0 Å². The highest BCUT2D eigenvalue weighted by atomic mass is 16.6. The average Bonchev–Trinajstić information content (AvgIpc) is 2.62. The highest BCUT2D eigenvalue weighted by Gasteiger charge is 2.25. The smallest absolute Gasteiger partial charge is 0.409 e. The Bertz CT molecular complexity index is 705. The highest BCUT2D eigenvalue weighted by molar-refractivity contribution is 6.04. The number of likely N-dealkylation sites (tertiary alicyclic amines) is 1. The number of nitriles is 1. The number of piperidine rings is 1. The van der Waals surface area contributed by atoms with Crippen LogP contribution in [0.15, 0.2) is 24.3 Å². The van der Waals surface area contributed by atoms with Crippen LogP contribution >= 0.6 is 0 Å². The molecular formula is C18H22N4O4. The lowest BCUT2D eigenvalue weighted by Gasteiger charge is -2.31. The third-order valence-corrected chi connectivity index (χ3v) is 4.03. The van der Waals surface area contributed by atoms with E-state index in [9.17, 15) is 14.4 Å². The Morgan fingerprint density at radius 3 is 2.58 bits per heavy atom. The predicted molar refractivity (Wildman–Crippen MR) is 94.2 cm³/mol. The first-order valence-electron chi connectivity index (χ1n) is 8.53. The number of nitrogens with zero attached hydrogens (tertiary/aromatic N) is 2. The Balaban J connectivity index is 1.76. The van der Waals surface area contributed by atoms with Gasteiger partial charge >= 0.3 is 6.09 Å². The van der Waals surface area contributed by atoms with Gasteiger partial charge in [0.1, 0.15) is 12.5 Å². The van der Waals surface area contributed by atoms with Gasteiger partial charge in [-0.15, -0.1) is 0 Å². The third-order valence-electron chi connectivity index (χ3n) is 4.03. The molecule has 0 aliphatic carbocycles. The number of anilines is 1. The first-order chi connectivity index (χ1) is 12.5. The number of benzene rings is 1. The Morgan fingerprint density at radius 2 is 1.92 bits per heavy atom. The van der Waals surface area contributed by atoms with Crippen molar-refractivity contribution in [2.24, 2.45) is 0 Å². The average molecular weight is 358 g/mol. The monoisotopic (exact) mass is 358 g/mol. The quantitative estimate of drug-likeness (QED) is 0.777. The summed E-state index contributed by atoms with van der Waals surface area (Å²) in [6.07, 6.45) is 0.567. The van der Waals surface area contributed by atoms with Crippen LogP contribution in [0.4, 0.5) is 10.5 Å². The van der Waals surface area contributed by atoms with Gasteiger partial charge in [0.25, 0.3) is 0 Å². The van der Waals surface area contributed by atoms with E-state index in [1.807, 2.05) is 6.07 Å². The fourth-order valence-electron chi connectivity index (χ4n) is 2.73. The van der Waals surface area contributed by atoms with Crippen LogP contribution < -0.4 is 10.6 Å². The molecule has 1 aliphatic heterocycles. The molecule has 0 saturated carbocycles. The van der Waals surface area contributed by atoms with Crippen molar-refractivity contribution in [3.05, 3.63) is 29.8 Å². The van der Waals surface area contributed by atoms with Crippen molar-refractivity contribution in [3.8, 4) is 6.07 Å². The zero-order valence-electron chi connectivity index (χ0n) is 14.7. The number of para-hydroxylation sites is 1. The van der Waals surface area contributed by atoms with Crippen molar-refractivity contribution in [3.63, 3.8) is 0 Å². The SMILES string of the molecule is CCOC(=O)N1CCC(NC(=O)CC(=O)Nc2ccccc2C#N)CC1. The lowest BCUT2D eigenvalue weighted by Crippen LogP contribution is -2.47. The molecule has 0 bridgehead atoms. The van der Waals surface area contributed by atoms with Gasteiger partial charge in [-0.25, -0.2) is 4.79 Å². The molecule has 1 heterocycles. The molecule has 3 amide bonds. The third kappa shape index (κ3) is 5.48. The summed E-state index contributed by atoms with van der Waals surface area (Å²) in [7, 11) is 0. The molecule has 2 N–H and O–H groups in total. The molecule has 26 heavy (non-hydrogen) atoms. The first-order valence-corrected chi connectivity index (χ1v) is 8.53. The van der Waals surface area contributed by atoms with Gasteiger partial charge in [0.05, 0.1) is 17.9 Å². The zero-order chi connectivity index (χ0) is 18.9. The molecule has 1 fully saturated rings. The van der Waals surface area contributed by atoms with E-state index < -0.39 is 5.91 Å². The van der Waals surface area contributed by atoms with Gasteiger partial charge in [0, 0.05) is 19.1 Å². The van der Waals surface area contributed by atoms with Crippen LogP contribution in [-0.2, 0) is 14.3 Å². The van der Waals surface area contributed by atoms with Crippen molar-refractivity contribution >= 4 is 23.6 Å². The van der Waals surface area contributed by atoms with Gasteiger partial charge in [-0.05, 0) is 31.9 Å². The molecule has 1 aliphatic rings. The number of carbonyl (C=O) groups is 3. The molecule has 1 aromatic rings. The van der Waals surface area contributed by atoms with E-state index in [1.54, 1.807) is 36.1 Å². The zero-order valence-corrected chi connectivity index (χ0v) is 14.7. The van der Waals surface area contributed by atoms with Crippen molar-refractivity contribution < 1.29 is 19.1 Å². The van der Waals surface area contributed by atoms with E-state index in [0.717, 1.165) is 0 Å². The summed E-state index contributed by atoms with van der Waals surface area (Å²) in [4.78, 5) is 37.3. The normalized spacial score (nSPS) is 14.2. The maximum absolute atomic E-state index is 12.0. The molecule has 1 saturated heterocycles. The van der Waals surface area contributed by atoms with Crippen molar-refractivity contribution in [1.82, 2.24) is 10.2 Å². The summed E-state index contributed by atoms with van der Waals surface area (Å²) in [5.41, 5.74) is 0.725. The number of rotatable bonds is 5. The van der Waals surface area contributed by atoms with E-state index in [1.165, 1.54) is 0 Å². The highest BCUT2D eigenvalue weighted by Crippen LogP contribution is 2.14. The topological polar surface area (TPSA) is 112 Å². The number of hydrogen-bond donors (Lipinski definition) is 2. The molecule has 138 valence electrons. The van der Waals surface area contributed by atoms with Crippen LogP contribution in [-0.4, -0.2) is 48.5 Å². The minimum atomic E-state index is -0.478. The van der Waals surface area contributed by atoms with Crippen LogP contribution in [0.25, 0.3) is 0 Å². The van der Waals surface area contributed by atoms with Crippen LogP contribution in [0.2, 0.25) is 0 Å². The number of carbonyl (C=O) groups excluding carboxylic acids is 3. The van der Waals surface area contributed by atoms with Gasteiger partial charge in [0.2, 0.25) is 11.8 Å². The maximum atomic E-state index is 12.0. The Hall–Kier alpha value is -3.08. The number of hydrogen-bond acceptors (Lipinski definition) is 5. The van der Waals surface area contributed by atoms with Crippen molar-refractivity contribution in [1.29, 1.82) is 5.26 Å². The van der Waals surface area contributed by atoms with Gasteiger partial charge in [-0.2, -0.15) is 5.26 Å². The fraction of sp³-hybridized carbons (Fsp3) is 0.444. The molecule has 8 nitrogen and oxygen atoms in total. The largest absolute Gasteiger partial charge is 0.450 e. The minimum absolute atomic E-state index is 0.0765. The lowest BCUT2D eigenvalue weighted by atomic mass is 10.1. The maximum Gasteiger partial charge on any atom is 0.409 e. The van der Waals surface area contributed by atoms with Crippen LogP contribution in [0.1, 0.15) is 31.7 Å². The molecule has 0 spiro atoms. The molecule has 0 aromatic heterocycles. The Labute approximate surface area is 152 Å². The summed E-state index contributed by atoms with van der Waals surface area (Å²) >= 11 is 0. The second kappa shape index (κ2) is 9.42. The summed E-state index contributed by atoms with van der Waals surface area (Å²) in [5.74, 6) is -0.860. The van der Waals surface area contributed by atoms with E-state index in [-0.39, 0.29) is 24.5 Å². The standard InChI is InChI=1S/C18H22N4O4/c1-2-26-18(25)22-9-7-14(8-10-22)20-16(23)11-17(24)21-15-6-4-3-5-13(15)12-19/h3-6,14H,2,7-11H2,1H3,(H,20,23)(H,21,24). The summed E-state index contributed by atoms with van der Waals surface area (Å²) in [6.45, 7) is 3.10. The predicted octanol–water partition coefficient (Wildman–Crippen LogP) is 1.62. The lowest BCUT2D eigenvalue weighted by molar-refractivity contribution is -0.127. The molecule has 0 atom stereocenters. The molecule has 2 rings (SSSR count). The second-order valence-electron chi connectivity index (χ2n) is 5.91. The number of nitrogens with one attached hydrogen (secondary N) is 2. The van der Waals surface area contributed by atoms with E-state index in [4.69, 9.17) is 10.00 Å². The second-order valence-corrected chi connectivity index (χ2v) is 5.91. The Kier molecular flexibility index (Phi) is 6.97. The molecule has 8 heteroatoms. The molecular weight excluding hydrogens is 336 g/mol. The fourth-order valence-corrected chi connectivity index (χ4v) is 2.73. The Morgan fingerprint density at radius 1 is 1.23 bits per heavy atom. The van der Waals surface area contributed by atoms with Gasteiger partial charge in [-0.3, -0.25) is 9.59 Å². The van der Waals surface area contributed by atoms with Gasteiger partial charge in [-0.1, -0.05) is 12.1 Å².